The fourth-order valence-corrected chi connectivity index (χ4v) is 4.92. The first-order valence-electron chi connectivity index (χ1n) is 11.4. The van der Waals surface area contributed by atoms with Crippen LogP contribution in [0.25, 0.3) is 17.3 Å². The van der Waals surface area contributed by atoms with Crippen molar-refractivity contribution < 1.29 is 18.0 Å². The monoisotopic (exact) mass is 473 g/mol. The van der Waals surface area contributed by atoms with Crippen molar-refractivity contribution in [2.45, 2.75) is 45.8 Å². The first-order valence-corrected chi connectivity index (χ1v) is 11.4. The van der Waals surface area contributed by atoms with Crippen molar-refractivity contribution in [2.24, 2.45) is 5.92 Å². The van der Waals surface area contributed by atoms with E-state index in [0.717, 1.165) is 44.5 Å². The van der Waals surface area contributed by atoms with E-state index in [4.69, 9.17) is 0 Å². The molecule has 0 saturated carbocycles. The Morgan fingerprint density at radius 2 is 1.74 bits per heavy atom. The summed E-state index contributed by atoms with van der Waals surface area (Å²) in [5.74, 6) is 1.47. The number of hydrogen-bond acceptors (Lipinski definition) is 4. The average molecular weight is 473 g/mol. The Morgan fingerprint density at radius 3 is 2.38 bits per heavy atom. The molecule has 1 aromatic carbocycles. The number of piperidine rings is 1. The second kappa shape index (κ2) is 9.24. The van der Waals surface area contributed by atoms with Crippen LogP contribution in [0.4, 0.5) is 13.2 Å². The van der Waals surface area contributed by atoms with Gasteiger partial charge < -0.3 is 4.90 Å². The van der Waals surface area contributed by atoms with Gasteiger partial charge in [-0.05, 0) is 50.6 Å². The van der Waals surface area contributed by atoms with Crippen molar-refractivity contribution >= 4 is 17.6 Å². The number of nitrogens with zero attached hydrogens (tertiary/aromatic N) is 3. The van der Waals surface area contributed by atoms with Gasteiger partial charge in [0.25, 0.3) is 5.56 Å². The molecule has 1 unspecified atom stereocenters. The lowest BCUT2D eigenvalue weighted by Crippen LogP contribution is -2.60. The second-order valence-corrected chi connectivity index (χ2v) is 8.85. The van der Waals surface area contributed by atoms with E-state index in [2.05, 4.69) is 4.90 Å². The minimum absolute atomic E-state index is 0.0617. The molecule has 0 bridgehead atoms. The van der Waals surface area contributed by atoms with Crippen LogP contribution in [0.2, 0.25) is 0 Å². The van der Waals surface area contributed by atoms with E-state index in [0.29, 0.717) is 22.0 Å². The fourth-order valence-electron chi connectivity index (χ4n) is 4.92. The maximum atomic E-state index is 13.8. The molecule has 2 heterocycles. The summed E-state index contributed by atoms with van der Waals surface area (Å²) < 4.78 is 43.3. The maximum absolute atomic E-state index is 13.8. The van der Waals surface area contributed by atoms with Crippen molar-refractivity contribution in [3.63, 3.8) is 0 Å². The Morgan fingerprint density at radius 1 is 1.06 bits per heavy atom. The molecule has 9 heteroatoms. The quantitative estimate of drug-likeness (QED) is 0.636. The largest absolute Gasteiger partial charge is 0.418 e. The third-order valence-corrected chi connectivity index (χ3v) is 6.68. The lowest BCUT2D eigenvalue weighted by atomic mass is 9.90. The molecular formula is C25H26F3N3O3. The normalized spacial score (nSPS) is 18.9. The highest BCUT2D eigenvalue weighted by Crippen LogP contribution is 2.32. The molecule has 1 aliphatic carbocycles. The van der Waals surface area contributed by atoms with Gasteiger partial charge in [-0.1, -0.05) is 31.6 Å². The Kier molecular flexibility index (Phi) is 6.51. The predicted octanol–water partition coefficient (Wildman–Crippen LogP) is 1.86. The number of rotatable bonds is 4. The molecule has 0 radical (unpaired) electrons. The number of para-hydroxylation sites is 1. The van der Waals surface area contributed by atoms with E-state index in [-0.39, 0.29) is 23.3 Å². The SMILES string of the molecule is CC1=c2c(n(CCN3CCCCC3)c(=O)n(-c3ccccc3C(F)(F)F)c2=O)=CC(C)C1=C=O. The molecule has 1 saturated heterocycles. The molecule has 4 rings (SSSR count). The topological polar surface area (TPSA) is 64.3 Å². The summed E-state index contributed by atoms with van der Waals surface area (Å²) in [4.78, 5) is 40.9. The number of aromatic nitrogens is 2. The molecule has 1 aromatic heterocycles. The molecule has 34 heavy (non-hydrogen) atoms. The number of alkyl halides is 3. The summed E-state index contributed by atoms with van der Waals surface area (Å²) in [7, 11) is 0. The van der Waals surface area contributed by atoms with Crippen LogP contribution < -0.4 is 21.8 Å². The number of benzene rings is 1. The minimum Gasteiger partial charge on any atom is -0.302 e. The highest BCUT2D eigenvalue weighted by Gasteiger charge is 2.35. The molecule has 6 nitrogen and oxygen atoms in total. The number of allylic oxidation sites excluding steroid dienone is 1. The number of fused-ring (bicyclic) bond motifs is 1. The van der Waals surface area contributed by atoms with Gasteiger partial charge in [-0.15, -0.1) is 0 Å². The van der Waals surface area contributed by atoms with Gasteiger partial charge in [-0.25, -0.2) is 14.2 Å². The van der Waals surface area contributed by atoms with Gasteiger partial charge in [0.15, 0.2) is 0 Å². The van der Waals surface area contributed by atoms with Gasteiger partial charge in [-0.2, -0.15) is 13.2 Å². The third-order valence-electron chi connectivity index (χ3n) is 6.68. The lowest BCUT2D eigenvalue weighted by Gasteiger charge is -2.27. The molecule has 2 aliphatic rings. The summed E-state index contributed by atoms with van der Waals surface area (Å²) in [6, 6.07) is 4.54. The zero-order valence-corrected chi connectivity index (χ0v) is 19.1. The van der Waals surface area contributed by atoms with E-state index in [1.807, 2.05) is 5.94 Å². The summed E-state index contributed by atoms with van der Waals surface area (Å²) in [5.41, 5.74) is -2.72. The molecule has 1 fully saturated rings. The van der Waals surface area contributed by atoms with Gasteiger partial charge in [0.2, 0.25) is 0 Å². The summed E-state index contributed by atoms with van der Waals surface area (Å²) in [5, 5.41) is 0.406. The van der Waals surface area contributed by atoms with Gasteiger partial charge in [0.05, 0.1) is 21.8 Å². The molecule has 180 valence electrons. The Hall–Kier alpha value is -3.16. The standard InChI is InChI=1S/C25H26F3N3O3/c1-16-14-21-22(17(2)18(16)15-32)23(33)31(20-9-5-4-8-19(20)25(26,27)28)24(34)30(21)13-12-29-10-6-3-7-11-29/h4-5,8-9,14,16H,3,6-7,10-13H2,1-2H3. The van der Waals surface area contributed by atoms with E-state index in [1.54, 1.807) is 19.9 Å². The maximum Gasteiger partial charge on any atom is 0.418 e. The zero-order chi connectivity index (χ0) is 24.6. The van der Waals surface area contributed by atoms with Crippen molar-refractivity contribution in [1.82, 2.24) is 14.0 Å². The van der Waals surface area contributed by atoms with Crippen LogP contribution in [-0.2, 0) is 17.5 Å². The summed E-state index contributed by atoms with van der Waals surface area (Å²) in [6.45, 7) is 5.85. The van der Waals surface area contributed by atoms with Crippen LogP contribution in [0.1, 0.15) is 38.7 Å². The Labute approximate surface area is 193 Å². The van der Waals surface area contributed by atoms with Gasteiger partial charge in [0.1, 0.15) is 5.94 Å². The highest BCUT2D eigenvalue weighted by molar-refractivity contribution is 5.80. The number of halogens is 3. The molecule has 1 aliphatic heterocycles. The number of carbonyl (C=O) groups excluding carboxylic acids is 1. The minimum atomic E-state index is -4.76. The van der Waals surface area contributed by atoms with Crippen LogP contribution in [0.15, 0.2) is 39.4 Å². The van der Waals surface area contributed by atoms with Gasteiger partial charge in [-0.3, -0.25) is 9.36 Å². The van der Waals surface area contributed by atoms with Crippen LogP contribution >= 0.6 is 0 Å². The predicted molar refractivity (Wildman–Crippen MR) is 123 cm³/mol. The van der Waals surface area contributed by atoms with Gasteiger partial charge >= 0.3 is 11.9 Å². The molecule has 0 N–H and O–H groups in total. The summed E-state index contributed by atoms with van der Waals surface area (Å²) >= 11 is 0. The number of likely N-dealkylation sites (tertiary alicyclic amines) is 1. The third kappa shape index (κ3) is 4.21. The zero-order valence-electron chi connectivity index (χ0n) is 19.1. The van der Waals surface area contributed by atoms with E-state index in [9.17, 15) is 27.6 Å². The van der Waals surface area contributed by atoms with Gasteiger partial charge in [0, 0.05) is 24.6 Å². The summed E-state index contributed by atoms with van der Waals surface area (Å²) in [6.07, 6.45) is 0.140. The first-order chi connectivity index (χ1) is 16.1. The molecule has 0 spiro atoms. The van der Waals surface area contributed by atoms with Crippen LogP contribution in [0.3, 0.4) is 0 Å². The lowest BCUT2D eigenvalue weighted by molar-refractivity contribution is -0.137. The molecule has 0 amide bonds. The molecule has 1 atom stereocenters. The first kappa shape index (κ1) is 24.0. The van der Waals surface area contributed by atoms with E-state index < -0.39 is 28.7 Å². The Balaban J connectivity index is 2.04. The fraction of sp³-hybridized carbons (Fsp3) is 0.440. The van der Waals surface area contributed by atoms with Crippen LogP contribution in [-0.4, -0.2) is 39.6 Å². The van der Waals surface area contributed by atoms with Crippen LogP contribution in [0, 0.1) is 5.92 Å². The van der Waals surface area contributed by atoms with Crippen molar-refractivity contribution in [3.05, 3.63) is 66.8 Å². The average Bonchev–Trinajstić information content (AvgIpc) is 2.79. The second-order valence-electron chi connectivity index (χ2n) is 8.85. The Bertz CT molecular complexity index is 1410. The van der Waals surface area contributed by atoms with Crippen molar-refractivity contribution in [3.8, 4) is 5.69 Å². The number of hydrogen-bond donors (Lipinski definition) is 0. The van der Waals surface area contributed by atoms with Crippen molar-refractivity contribution in [2.75, 3.05) is 19.6 Å². The van der Waals surface area contributed by atoms with E-state index in [1.165, 1.54) is 16.7 Å². The molecule has 2 aromatic rings. The van der Waals surface area contributed by atoms with E-state index >= 15 is 0 Å². The highest BCUT2D eigenvalue weighted by atomic mass is 19.4. The molecular weight excluding hydrogens is 447 g/mol. The van der Waals surface area contributed by atoms with Crippen molar-refractivity contribution in [1.29, 1.82) is 0 Å². The van der Waals surface area contributed by atoms with Crippen LogP contribution in [0.5, 0.6) is 0 Å². The smallest absolute Gasteiger partial charge is 0.302 e.